The van der Waals surface area contributed by atoms with Crippen LogP contribution in [0.15, 0.2) is 24.3 Å². The lowest BCUT2D eigenvalue weighted by atomic mass is 10.1. The van der Waals surface area contributed by atoms with Crippen LogP contribution in [-0.4, -0.2) is 6.29 Å². The van der Waals surface area contributed by atoms with Crippen LogP contribution in [0, 0.1) is 11.8 Å². The van der Waals surface area contributed by atoms with Crippen LogP contribution in [0.25, 0.3) is 0 Å². The van der Waals surface area contributed by atoms with Gasteiger partial charge in [0.25, 0.3) is 0 Å². The van der Waals surface area contributed by atoms with Gasteiger partial charge in [0.1, 0.15) is 6.29 Å². The monoisotopic (exact) mass is 173 g/mol. The summed E-state index contributed by atoms with van der Waals surface area (Å²) in [4.78, 5) is 10.0. The second kappa shape index (κ2) is 5.13. The molecule has 2 nitrogen and oxygen atoms in total. The normalized spacial score (nSPS) is 8.69. The highest BCUT2D eigenvalue weighted by molar-refractivity contribution is 5.55. The third-order valence-corrected chi connectivity index (χ3v) is 1.65. The highest BCUT2D eigenvalue weighted by Crippen LogP contribution is 2.05. The third kappa shape index (κ3) is 2.73. The SMILES string of the molecule is NCc1ccccc1C#CCC=O. The molecule has 0 radical (unpaired) electrons. The van der Waals surface area contributed by atoms with Gasteiger partial charge in [-0.2, -0.15) is 0 Å². The Balaban J connectivity index is 2.88. The zero-order valence-electron chi connectivity index (χ0n) is 7.29. The van der Waals surface area contributed by atoms with Gasteiger partial charge in [0.2, 0.25) is 0 Å². The zero-order chi connectivity index (χ0) is 9.52. The number of hydrogen-bond donors (Lipinski definition) is 1. The summed E-state index contributed by atoms with van der Waals surface area (Å²) < 4.78 is 0. The number of rotatable bonds is 2. The number of carbonyl (C=O) groups is 1. The summed E-state index contributed by atoms with van der Waals surface area (Å²) in [6.07, 6.45) is 1.07. The highest BCUT2D eigenvalue weighted by Gasteiger charge is 1.93. The maximum atomic E-state index is 10.0. The Labute approximate surface area is 77.8 Å². The maximum Gasteiger partial charge on any atom is 0.131 e. The molecule has 0 amide bonds. The van der Waals surface area contributed by atoms with E-state index in [1.165, 1.54) is 0 Å². The van der Waals surface area contributed by atoms with Crippen molar-refractivity contribution in [2.24, 2.45) is 5.73 Å². The van der Waals surface area contributed by atoms with E-state index in [1.54, 1.807) is 0 Å². The van der Waals surface area contributed by atoms with Crippen LogP contribution in [0.5, 0.6) is 0 Å². The molecular formula is C11H11NO. The van der Waals surface area contributed by atoms with Crippen molar-refractivity contribution in [2.45, 2.75) is 13.0 Å². The minimum atomic E-state index is 0.277. The Morgan fingerprint density at radius 1 is 1.38 bits per heavy atom. The first-order chi connectivity index (χ1) is 6.38. The predicted molar refractivity (Wildman–Crippen MR) is 51.9 cm³/mol. The molecule has 0 unspecified atom stereocenters. The molecule has 2 heteroatoms. The number of carbonyl (C=O) groups excluding carboxylic acids is 1. The van der Waals surface area contributed by atoms with Crippen LogP contribution in [0.4, 0.5) is 0 Å². The highest BCUT2D eigenvalue weighted by atomic mass is 16.1. The summed E-state index contributed by atoms with van der Waals surface area (Å²) in [5.74, 6) is 5.66. The van der Waals surface area contributed by atoms with E-state index >= 15 is 0 Å². The zero-order valence-corrected chi connectivity index (χ0v) is 7.29. The van der Waals surface area contributed by atoms with Crippen LogP contribution in [-0.2, 0) is 11.3 Å². The number of aldehydes is 1. The van der Waals surface area contributed by atoms with Gasteiger partial charge in [0.05, 0.1) is 6.42 Å². The summed E-state index contributed by atoms with van der Waals surface area (Å²) in [5.41, 5.74) is 7.44. The van der Waals surface area contributed by atoms with Crippen molar-refractivity contribution in [3.63, 3.8) is 0 Å². The van der Waals surface area contributed by atoms with Crippen molar-refractivity contribution in [1.82, 2.24) is 0 Å². The fourth-order valence-electron chi connectivity index (χ4n) is 1.01. The molecule has 0 fully saturated rings. The first kappa shape index (κ1) is 9.50. The second-order valence-corrected chi connectivity index (χ2v) is 2.53. The summed E-state index contributed by atoms with van der Waals surface area (Å²) in [6, 6.07) is 7.67. The molecule has 0 atom stereocenters. The molecule has 1 aromatic rings. The largest absolute Gasteiger partial charge is 0.326 e. The first-order valence-electron chi connectivity index (χ1n) is 4.09. The fraction of sp³-hybridized carbons (Fsp3) is 0.182. The lowest BCUT2D eigenvalue weighted by Crippen LogP contribution is -1.98. The second-order valence-electron chi connectivity index (χ2n) is 2.53. The Bertz CT molecular complexity index is 347. The van der Waals surface area contributed by atoms with E-state index < -0.39 is 0 Å². The van der Waals surface area contributed by atoms with E-state index in [0.29, 0.717) is 6.54 Å². The smallest absolute Gasteiger partial charge is 0.131 e. The molecule has 0 heterocycles. The van der Waals surface area contributed by atoms with E-state index in [4.69, 9.17) is 5.73 Å². The van der Waals surface area contributed by atoms with E-state index in [0.717, 1.165) is 17.4 Å². The average Bonchev–Trinajstić information content (AvgIpc) is 2.19. The van der Waals surface area contributed by atoms with Crippen molar-refractivity contribution >= 4 is 6.29 Å². The molecule has 0 aliphatic heterocycles. The van der Waals surface area contributed by atoms with Crippen molar-refractivity contribution in [2.75, 3.05) is 0 Å². The predicted octanol–water partition coefficient (Wildman–Crippen LogP) is 1.09. The van der Waals surface area contributed by atoms with Crippen molar-refractivity contribution in [3.05, 3.63) is 35.4 Å². The fourth-order valence-corrected chi connectivity index (χ4v) is 1.01. The molecule has 0 spiro atoms. The Kier molecular flexibility index (Phi) is 3.74. The number of benzene rings is 1. The van der Waals surface area contributed by atoms with Gasteiger partial charge in [-0.25, -0.2) is 0 Å². The first-order valence-corrected chi connectivity index (χ1v) is 4.09. The molecule has 2 N–H and O–H groups in total. The molecule has 66 valence electrons. The van der Waals surface area contributed by atoms with Crippen LogP contribution in [0.1, 0.15) is 17.5 Å². The van der Waals surface area contributed by atoms with Crippen LogP contribution < -0.4 is 5.73 Å². The molecule has 13 heavy (non-hydrogen) atoms. The average molecular weight is 173 g/mol. The van der Waals surface area contributed by atoms with E-state index in [-0.39, 0.29) is 6.42 Å². The molecule has 0 saturated carbocycles. The standard InChI is InChI=1S/C11H11NO/c12-9-11-7-2-1-5-10(11)6-3-4-8-13/h1-2,5,7-8H,4,9,12H2. The summed E-state index contributed by atoms with van der Waals surface area (Å²) in [5, 5.41) is 0. The van der Waals surface area contributed by atoms with Gasteiger partial charge in [-0.05, 0) is 11.6 Å². The minimum Gasteiger partial charge on any atom is -0.326 e. The van der Waals surface area contributed by atoms with Gasteiger partial charge >= 0.3 is 0 Å². The van der Waals surface area contributed by atoms with E-state index in [1.807, 2.05) is 24.3 Å². The molecule has 1 aromatic carbocycles. The Hall–Kier alpha value is -1.59. The van der Waals surface area contributed by atoms with E-state index in [9.17, 15) is 4.79 Å². The van der Waals surface area contributed by atoms with Gasteiger partial charge in [-0.15, -0.1) is 0 Å². The molecule has 0 bridgehead atoms. The molecular weight excluding hydrogens is 162 g/mol. The van der Waals surface area contributed by atoms with Crippen molar-refractivity contribution in [3.8, 4) is 11.8 Å². The topological polar surface area (TPSA) is 43.1 Å². The quantitative estimate of drug-likeness (QED) is 0.537. The minimum absolute atomic E-state index is 0.277. The maximum absolute atomic E-state index is 10.0. The molecule has 0 aliphatic rings. The summed E-state index contributed by atoms with van der Waals surface area (Å²) >= 11 is 0. The molecule has 0 aliphatic carbocycles. The van der Waals surface area contributed by atoms with Gasteiger partial charge in [0.15, 0.2) is 0 Å². The van der Waals surface area contributed by atoms with Gasteiger partial charge in [0, 0.05) is 12.1 Å². The van der Waals surface area contributed by atoms with Gasteiger partial charge in [-0.1, -0.05) is 30.0 Å². The Morgan fingerprint density at radius 3 is 2.85 bits per heavy atom. The van der Waals surface area contributed by atoms with Crippen LogP contribution in [0.2, 0.25) is 0 Å². The molecule has 0 aromatic heterocycles. The lowest BCUT2D eigenvalue weighted by molar-refractivity contribution is -0.107. The summed E-state index contributed by atoms with van der Waals surface area (Å²) in [6.45, 7) is 0.478. The number of hydrogen-bond acceptors (Lipinski definition) is 2. The van der Waals surface area contributed by atoms with Crippen LogP contribution >= 0.6 is 0 Å². The lowest BCUT2D eigenvalue weighted by Gasteiger charge is -1.98. The van der Waals surface area contributed by atoms with Gasteiger partial charge in [-0.3, -0.25) is 0 Å². The Morgan fingerprint density at radius 2 is 2.15 bits per heavy atom. The third-order valence-electron chi connectivity index (χ3n) is 1.65. The number of nitrogens with two attached hydrogens (primary N) is 1. The molecule has 0 saturated heterocycles. The van der Waals surface area contributed by atoms with Crippen LogP contribution in [0.3, 0.4) is 0 Å². The van der Waals surface area contributed by atoms with Crippen molar-refractivity contribution < 1.29 is 4.79 Å². The van der Waals surface area contributed by atoms with E-state index in [2.05, 4.69) is 11.8 Å². The summed E-state index contributed by atoms with van der Waals surface area (Å²) in [7, 11) is 0. The van der Waals surface area contributed by atoms with Crippen molar-refractivity contribution in [1.29, 1.82) is 0 Å². The van der Waals surface area contributed by atoms with Gasteiger partial charge < -0.3 is 10.5 Å². The molecule has 1 rings (SSSR count).